The summed E-state index contributed by atoms with van der Waals surface area (Å²) >= 11 is 0. The Balaban J connectivity index is 2.03. The fourth-order valence-corrected chi connectivity index (χ4v) is 2.73. The third-order valence-corrected chi connectivity index (χ3v) is 3.55. The molecule has 1 aliphatic rings. The predicted octanol–water partition coefficient (Wildman–Crippen LogP) is 1.91. The summed E-state index contributed by atoms with van der Waals surface area (Å²) < 4.78 is 5.32. The summed E-state index contributed by atoms with van der Waals surface area (Å²) in [7, 11) is 1.63. The van der Waals surface area contributed by atoms with E-state index in [0.717, 1.165) is 24.2 Å². The number of benzene rings is 1. The van der Waals surface area contributed by atoms with E-state index in [4.69, 9.17) is 10.00 Å². The number of β-amino-alcohol motifs (C(OH)–C–C–N with tert-alkyl or cyclic N) is 1. The monoisotopic (exact) mass is 260 g/mol. The van der Waals surface area contributed by atoms with E-state index in [9.17, 15) is 5.11 Å². The molecule has 1 saturated heterocycles. The van der Waals surface area contributed by atoms with Gasteiger partial charge in [-0.3, -0.25) is 4.90 Å². The Kier molecular flexibility index (Phi) is 4.08. The number of hydrogen-bond donors (Lipinski definition) is 1. The molecule has 4 heteroatoms. The molecule has 1 aliphatic heterocycles. The molecule has 0 spiro atoms. The van der Waals surface area contributed by atoms with Gasteiger partial charge in [0.05, 0.1) is 24.3 Å². The van der Waals surface area contributed by atoms with Crippen LogP contribution in [0.15, 0.2) is 18.2 Å². The Morgan fingerprint density at radius 2 is 2.21 bits per heavy atom. The summed E-state index contributed by atoms with van der Waals surface area (Å²) in [6.07, 6.45) is 1.84. The van der Waals surface area contributed by atoms with Gasteiger partial charge in [-0.1, -0.05) is 13.3 Å². The number of nitriles is 1. The van der Waals surface area contributed by atoms with Crippen molar-refractivity contribution in [2.24, 2.45) is 0 Å². The first-order valence-electron chi connectivity index (χ1n) is 6.62. The quantitative estimate of drug-likeness (QED) is 0.878. The number of rotatable bonds is 5. The molecule has 102 valence electrons. The van der Waals surface area contributed by atoms with Crippen LogP contribution in [0.3, 0.4) is 0 Å². The number of hydrogen-bond acceptors (Lipinski definition) is 4. The van der Waals surface area contributed by atoms with Crippen molar-refractivity contribution in [3.63, 3.8) is 0 Å². The second-order valence-electron chi connectivity index (χ2n) is 5.26. The third kappa shape index (κ3) is 3.06. The molecule has 2 rings (SSSR count). The molecule has 1 fully saturated rings. The average molecular weight is 260 g/mol. The summed E-state index contributed by atoms with van der Waals surface area (Å²) in [6.45, 7) is 4.19. The third-order valence-electron chi connectivity index (χ3n) is 3.55. The highest BCUT2D eigenvalue weighted by molar-refractivity contribution is 5.42. The molecular weight excluding hydrogens is 240 g/mol. The normalized spacial score (nSPS) is 17.6. The van der Waals surface area contributed by atoms with Gasteiger partial charge < -0.3 is 9.84 Å². The zero-order chi connectivity index (χ0) is 13.9. The Hall–Kier alpha value is -1.57. The second kappa shape index (κ2) is 5.60. The number of likely N-dealkylation sites (tertiary alicyclic amines) is 1. The van der Waals surface area contributed by atoms with E-state index < -0.39 is 5.60 Å². The van der Waals surface area contributed by atoms with Crippen LogP contribution in [0.1, 0.15) is 30.9 Å². The van der Waals surface area contributed by atoms with Crippen LogP contribution in [0.25, 0.3) is 0 Å². The summed E-state index contributed by atoms with van der Waals surface area (Å²) in [5.41, 5.74) is 1.12. The maximum atomic E-state index is 10.2. The highest BCUT2D eigenvalue weighted by Crippen LogP contribution is 2.29. The SMILES string of the molecule is CCCC1(O)CN(Cc2cc(C#N)ccc2OC)C1. The number of ether oxygens (including phenoxy) is 1. The molecule has 1 aromatic carbocycles. The van der Waals surface area contributed by atoms with Gasteiger partial charge in [-0.15, -0.1) is 0 Å². The van der Waals surface area contributed by atoms with Gasteiger partial charge in [-0.2, -0.15) is 5.26 Å². The predicted molar refractivity (Wildman–Crippen MR) is 72.8 cm³/mol. The number of aliphatic hydroxyl groups is 1. The summed E-state index contributed by atoms with van der Waals surface area (Å²) in [5, 5.41) is 19.1. The van der Waals surface area contributed by atoms with Gasteiger partial charge in [0, 0.05) is 25.2 Å². The smallest absolute Gasteiger partial charge is 0.123 e. The topological polar surface area (TPSA) is 56.5 Å². The maximum absolute atomic E-state index is 10.2. The lowest BCUT2D eigenvalue weighted by molar-refractivity contribution is -0.106. The number of nitrogens with zero attached hydrogens (tertiary/aromatic N) is 2. The Bertz CT molecular complexity index is 487. The van der Waals surface area contributed by atoms with E-state index in [2.05, 4.69) is 17.9 Å². The molecule has 1 N–H and O–H groups in total. The zero-order valence-corrected chi connectivity index (χ0v) is 11.5. The molecule has 19 heavy (non-hydrogen) atoms. The molecule has 4 nitrogen and oxygen atoms in total. The van der Waals surface area contributed by atoms with Crippen LogP contribution in [-0.2, 0) is 6.54 Å². The van der Waals surface area contributed by atoms with Crippen molar-refractivity contribution >= 4 is 0 Å². The molecule has 0 saturated carbocycles. The van der Waals surface area contributed by atoms with Crippen molar-refractivity contribution in [1.82, 2.24) is 4.90 Å². The molecule has 0 amide bonds. The van der Waals surface area contributed by atoms with Crippen molar-refractivity contribution in [2.75, 3.05) is 20.2 Å². The van der Waals surface area contributed by atoms with Crippen LogP contribution < -0.4 is 4.74 Å². The maximum Gasteiger partial charge on any atom is 0.123 e. The van der Waals surface area contributed by atoms with Crippen molar-refractivity contribution in [1.29, 1.82) is 5.26 Å². The average Bonchev–Trinajstić information content (AvgIpc) is 2.37. The molecule has 0 aromatic heterocycles. The van der Waals surface area contributed by atoms with Gasteiger partial charge in [0.15, 0.2) is 0 Å². The molecule has 0 bridgehead atoms. The zero-order valence-electron chi connectivity index (χ0n) is 11.5. The van der Waals surface area contributed by atoms with Crippen molar-refractivity contribution in [2.45, 2.75) is 31.9 Å². The molecule has 0 radical (unpaired) electrons. The molecular formula is C15H20N2O2. The van der Waals surface area contributed by atoms with Crippen LogP contribution in [0.2, 0.25) is 0 Å². The Morgan fingerprint density at radius 3 is 2.79 bits per heavy atom. The lowest BCUT2D eigenvalue weighted by Gasteiger charge is -2.46. The van der Waals surface area contributed by atoms with Gasteiger partial charge in [0.2, 0.25) is 0 Å². The standard InChI is InChI=1S/C15H20N2O2/c1-3-6-15(18)10-17(11-15)9-13-7-12(8-16)4-5-14(13)19-2/h4-5,7,18H,3,6,9-11H2,1-2H3. The van der Waals surface area contributed by atoms with Gasteiger partial charge in [-0.05, 0) is 24.6 Å². The highest BCUT2D eigenvalue weighted by Gasteiger charge is 2.40. The lowest BCUT2D eigenvalue weighted by Crippen LogP contribution is -2.60. The first-order chi connectivity index (χ1) is 9.10. The first kappa shape index (κ1) is 13.9. The van der Waals surface area contributed by atoms with Gasteiger partial charge in [0.1, 0.15) is 5.75 Å². The van der Waals surface area contributed by atoms with E-state index in [0.29, 0.717) is 25.2 Å². The minimum absolute atomic E-state index is 0.519. The first-order valence-corrected chi connectivity index (χ1v) is 6.62. The summed E-state index contributed by atoms with van der Waals surface area (Å²) in [4.78, 5) is 2.18. The Labute approximate surface area is 114 Å². The molecule has 0 atom stereocenters. The van der Waals surface area contributed by atoms with Crippen LogP contribution >= 0.6 is 0 Å². The Morgan fingerprint density at radius 1 is 1.47 bits per heavy atom. The van der Waals surface area contributed by atoms with Crippen LogP contribution in [0.4, 0.5) is 0 Å². The van der Waals surface area contributed by atoms with Gasteiger partial charge in [-0.25, -0.2) is 0 Å². The molecule has 1 aromatic rings. The van der Waals surface area contributed by atoms with Crippen LogP contribution in [0.5, 0.6) is 5.75 Å². The lowest BCUT2D eigenvalue weighted by atomic mass is 9.89. The van der Waals surface area contributed by atoms with Crippen molar-refractivity contribution in [3.8, 4) is 11.8 Å². The van der Waals surface area contributed by atoms with Gasteiger partial charge in [0.25, 0.3) is 0 Å². The largest absolute Gasteiger partial charge is 0.496 e. The van der Waals surface area contributed by atoms with Crippen molar-refractivity contribution < 1.29 is 9.84 Å². The van der Waals surface area contributed by atoms with Crippen LogP contribution in [0, 0.1) is 11.3 Å². The summed E-state index contributed by atoms with van der Waals surface area (Å²) in [5.74, 6) is 0.796. The fraction of sp³-hybridized carbons (Fsp3) is 0.533. The minimum Gasteiger partial charge on any atom is -0.496 e. The van der Waals surface area contributed by atoms with Crippen LogP contribution in [-0.4, -0.2) is 35.8 Å². The molecule has 0 unspecified atom stereocenters. The summed E-state index contributed by atoms with van der Waals surface area (Å²) in [6, 6.07) is 7.58. The minimum atomic E-state index is -0.519. The molecule has 1 heterocycles. The van der Waals surface area contributed by atoms with E-state index in [1.807, 2.05) is 12.1 Å². The number of methoxy groups -OCH3 is 1. The van der Waals surface area contributed by atoms with E-state index in [1.54, 1.807) is 13.2 Å². The second-order valence-corrected chi connectivity index (χ2v) is 5.26. The van der Waals surface area contributed by atoms with E-state index in [-0.39, 0.29) is 0 Å². The van der Waals surface area contributed by atoms with Gasteiger partial charge >= 0.3 is 0 Å². The highest BCUT2D eigenvalue weighted by atomic mass is 16.5. The van der Waals surface area contributed by atoms with E-state index >= 15 is 0 Å². The van der Waals surface area contributed by atoms with E-state index in [1.165, 1.54) is 0 Å². The van der Waals surface area contributed by atoms with Crippen molar-refractivity contribution in [3.05, 3.63) is 29.3 Å². The fourth-order valence-electron chi connectivity index (χ4n) is 2.73. The molecule has 0 aliphatic carbocycles.